The average Bonchev–Trinajstić information content (AvgIpc) is 2.53. The molecule has 0 atom stereocenters. The molecule has 0 aliphatic heterocycles. The first-order chi connectivity index (χ1) is 10.9. The number of hydrogen-bond acceptors (Lipinski definition) is 4. The summed E-state index contributed by atoms with van der Waals surface area (Å²) in [7, 11) is -3.53. The minimum atomic E-state index is -3.53. The summed E-state index contributed by atoms with van der Waals surface area (Å²) in [4.78, 5) is 12.1. The van der Waals surface area contributed by atoms with Gasteiger partial charge in [-0.2, -0.15) is 0 Å². The summed E-state index contributed by atoms with van der Waals surface area (Å²) < 4.78 is 31.2. The van der Waals surface area contributed by atoms with E-state index in [9.17, 15) is 13.2 Å². The number of sulfonamides is 1. The van der Waals surface area contributed by atoms with Crippen molar-refractivity contribution in [3.05, 3.63) is 64.7 Å². The molecule has 1 N–H and O–H groups in total. The van der Waals surface area contributed by atoms with Crippen LogP contribution in [0.4, 0.5) is 0 Å². The van der Waals surface area contributed by atoms with E-state index in [0.29, 0.717) is 11.6 Å². The van der Waals surface area contributed by atoms with Crippen LogP contribution in [0.2, 0.25) is 5.02 Å². The lowest BCUT2D eigenvalue weighted by atomic mass is 10.2. The highest BCUT2D eigenvalue weighted by molar-refractivity contribution is 7.89. The van der Waals surface area contributed by atoms with Crippen molar-refractivity contribution < 1.29 is 17.9 Å². The molecule has 0 unspecified atom stereocenters. The normalized spacial score (nSPS) is 11.2. The number of nitrogens with one attached hydrogen (secondary N) is 1. The molecule has 0 aromatic heterocycles. The van der Waals surface area contributed by atoms with Crippen molar-refractivity contribution >= 4 is 27.6 Å². The highest BCUT2D eigenvalue weighted by Crippen LogP contribution is 2.14. The van der Waals surface area contributed by atoms with Gasteiger partial charge in [-0.15, -0.1) is 0 Å². The van der Waals surface area contributed by atoms with E-state index in [1.165, 1.54) is 24.3 Å². The molecule has 0 heterocycles. The Hall–Kier alpha value is -1.89. The summed E-state index contributed by atoms with van der Waals surface area (Å²) in [5, 5.41) is 0.566. The first-order valence-electron chi connectivity index (χ1n) is 6.93. The van der Waals surface area contributed by atoms with E-state index < -0.39 is 16.0 Å². The van der Waals surface area contributed by atoms with Crippen LogP contribution in [0.15, 0.2) is 53.4 Å². The highest BCUT2D eigenvalue weighted by Gasteiger charge is 2.14. The van der Waals surface area contributed by atoms with Gasteiger partial charge in [-0.1, -0.05) is 30.7 Å². The van der Waals surface area contributed by atoms with Gasteiger partial charge in [0.05, 0.1) is 10.5 Å². The molecule has 0 aliphatic carbocycles. The second kappa shape index (κ2) is 7.59. The number of esters is 1. The molecule has 2 aromatic rings. The topological polar surface area (TPSA) is 72.5 Å². The fourth-order valence-electron chi connectivity index (χ4n) is 1.90. The Morgan fingerprint density at radius 3 is 2.48 bits per heavy atom. The van der Waals surface area contributed by atoms with Crippen LogP contribution in [0, 0.1) is 0 Å². The lowest BCUT2D eigenvalue weighted by molar-refractivity contribution is 0.0472. The van der Waals surface area contributed by atoms with E-state index in [2.05, 4.69) is 4.72 Å². The second-order valence-electron chi connectivity index (χ2n) is 4.73. The molecule has 0 saturated heterocycles. The molecule has 0 bridgehead atoms. The van der Waals surface area contributed by atoms with Crippen LogP contribution >= 0.6 is 11.6 Å². The van der Waals surface area contributed by atoms with Crippen molar-refractivity contribution in [2.24, 2.45) is 0 Å². The largest absolute Gasteiger partial charge is 0.457 e. The van der Waals surface area contributed by atoms with Crippen LogP contribution in [0.25, 0.3) is 0 Å². The van der Waals surface area contributed by atoms with Gasteiger partial charge in [-0.05, 0) is 42.0 Å². The number of hydrogen-bond donors (Lipinski definition) is 1. The Kier molecular flexibility index (Phi) is 5.76. The molecule has 0 saturated carbocycles. The Bertz CT molecular complexity index is 788. The van der Waals surface area contributed by atoms with E-state index >= 15 is 0 Å². The molecule has 23 heavy (non-hydrogen) atoms. The zero-order valence-corrected chi connectivity index (χ0v) is 14.0. The molecule has 0 radical (unpaired) electrons. The predicted octanol–water partition coefficient (Wildman–Crippen LogP) is 3.00. The third kappa shape index (κ3) is 4.79. The fourth-order valence-corrected chi connectivity index (χ4v) is 3.16. The van der Waals surface area contributed by atoms with Gasteiger partial charge >= 0.3 is 5.97 Å². The van der Waals surface area contributed by atoms with Crippen LogP contribution in [0.3, 0.4) is 0 Å². The summed E-state index contributed by atoms with van der Waals surface area (Å²) in [5.74, 6) is -0.530. The van der Waals surface area contributed by atoms with Crippen molar-refractivity contribution in [2.45, 2.75) is 18.4 Å². The van der Waals surface area contributed by atoms with E-state index in [1.54, 1.807) is 31.2 Å². The SMILES string of the molecule is CCNS(=O)(=O)c1ccc(C(=O)OCc2cccc(Cl)c2)cc1. The summed E-state index contributed by atoms with van der Waals surface area (Å²) in [6.45, 7) is 2.09. The maximum absolute atomic E-state index is 12.0. The van der Waals surface area contributed by atoms with Gasteiger partial charge in [-0.3, -0.25) is 0 Å². The molecule has 2 rings (SSSR count). The summed E-state index contributed by atoms with van der Waals surface area (Å²) in [6.07, 6.45) is 0. The van der Waals surface area contributed by atoms with Crippen molar-refractivity contribution in [3.63, 3.8) is 0 Å². The summed E-state index contributed by atoms with van der Waals surface area (Å²) in [6, 6.07) is 12.6. The van der Waals surface area contributed by atoms with Crippen LogP contribution in [0.1, 0.15) is 22.8 Å². The molecule has 5 nitrogen and oxygen atoms in total. The van der Waals surface area contributed by atoms with Crippen molar-refractivity contribution in [1.82, 2.24) is 4.72 Å². The Balaban J connectivity index is 2.03. The molecule has 0 spiro atoms. The number of halogens is 1. The van der Waals surface area contributed by atoms with Crippen molar-refractivity contribution in [1.29, 1.82) is 0 Å². The maximum Gasteiger partial charge on any atom is 0.338 e. The maximum atomic E-state index is 12.0. The van der Waals surface area contributed by atoms with Crippen LogP contribution in [0.5, 0.6) is 0 Å². The molecular formula is C16H16ClNO4S. The Labute approximate surface area is 140 Å². The number of ether oxygens (including phenoxy) is 1. The fraction of sp³-hybridized carbons (Fsp3) is 0.188. The zero-order chi connectivity index (χ0) is 16.9. The third-order valence-electron chi connectivity index (χ3n) is 2.99. The Morgan fingerprint density at radius 1 is 1.17 bits per heavy atom. The molecule has 122 valence electrons. The average molecular weight is 354 g/mol. The Morgan fingerprint density at radius 2 is 1.87 bits per heavy atom. The predicted molar refractivity (Wildman–Crippen MR) is 87.9 cm³/mol. The quantitative estimate of drug-likeness (QED) is 0.810. The van der Waals surface area contributed by atoms with Crippen LogP contribution in [-0.2, 0) is 21.4 Å². The lowest BCUT2D eigenvalue weighted by Gasteiger charge is -2.07. The standard InChI is InChI=1S/C16H16ClNO4S/c1-2-18-23(20,21)15-8-6-13(7-9-15)16(19)22-11-12-4-3-5-14(17)10-12/h3-10,18H,2,11H2,1H3. The zero-order valence-electron chi connectivity index (χ0n) is 12.5. The number of benzene rings is 2. The minimum absolute atomic E-state index is 0.0941. The molecule has 0 amide bonds. The van der Waals surface area contributed by atoms with Gasteiger partial charge in [0.1, 0.15) is 6.61 Å². The van der Waals surface area contributed by atoms with Gasteiger partial charge in [0, 0.05) is 11.6 Å². The van der Waals surface area contributed by atoms with E-state index in [4.69, 9.17) is 16.3 Å². The second-order valence-corrected chi connectivity index (χ2v) is 6.94. The van der Waals surface area contributed by atoms with Crippen molar-refractivity contribution in [3.8, 4) is 0 Å². The van der Waals surface area contributed by atoms with Gasteiger partial charge in [0.15, 0.2) is 0 Å². The molecule has 7 heteroatoms. The first-order valence-corrected chi connectivity index (χ1v) is 8.80. The monoisotopic (exact) mass is 353 g/mol. The summed E-state index contributed by atoms with van der Waals surface area (Å²) in [5.41, 5.74) is 1.06. The third-order valence-corrected chi connectivity index (χ3v) is 4.79. The van der Waals surface area contributed by atoms with Gasteiger partial charge in [-0.25, -0.2) is 17.9 Å². The van der Waals surface area contributed by atoms with E-state index in [-0.39, 0.29) is 17.1 Å². The first kappa shape index (κ1) is 17.5. The smallest absolute Gasteiger partial charge is 0.338 e. The number of carbonyl (C=O) groups is 1. The molecule has 0 fully saturated rings. The highest BCUT2D eigenvalue weighted by atomic mass is 35.5. The molecule has 0 aliphatic rings. The minimum Gasteiger partial charge on any atom is -0.457 e. The lowest BCUT2D eigenvalue weighted by Crippen LogP contribution is -2.23. The van der Waals surface area contributed by atoms with Crippen LogP contribution in [-0.4, -0.2) is 20.9 Å². The van der Waals surface area contributed by atoms with Gasteiger partial charge < -0.3 is 4.74 Å². The summed E-state index contributed by atoms with van der Waals surface area (Å²) >= 11 is 5.86. The van der Waals surface area contributed by atoms with Gasteiger partial charge in [0.25, 0.3) is 0 Å². The van der Waals surface area contributed by atoms with E-state index in [1.807, 2.05) is 0 Å². The molecular weight excluding hydrogens is 338 g/mol. The van der Waals surface area contributed by atoms with E-state index in [0.717, 1.165) is 5.56 Å². The van der Waals surface area contributed by atoms with Crippen LogP contribution < -0.4 is 4.72 Å². The number of carbonyl (C=O) groups excluding carboxylic acids is 1. The molecule has 2 aromatic carbocycles. The number of rotatable bonds is 6. The van der Waals surface area contributed by atoms with Gasteiger partial charge in [0.2, 0.25) is 10.0 Å². The van der Waals surface area contributed by atoms with Crippen molar-refractivity contribution in [2.75, 3.05) is 6.54 Å².